The molecule has 0 aliphatic rings. The third-order valence-electron chi connectivity index (χ3n) is 1.11. The first-order chi connectivity index (χ1) is 5.95. The molecule has 0 aromatic rings. The molecule has 2 nitrogen and oxygen atoms in total. The van der Waals surface area contributed by atoms with Gasteiger partial charge in [-0.1, -0.05) is 6.08 Å². The van der Waals surface area contributed by atoms with Gasteiger partial charge in [0, 0.05) is 11.5 Å². The number of carbonyl (C=O) groups is 1. The first kappa shape index (κ1) is 12.6. The number of thioether (sulfide) groups is 1. The molecule has 0 saturated heterocycles. The van der Waals surface area contributed by atoms with Gasteiger partial charge < -0.3 is 4.74 Å². The van der Waals surface area contributed by atoms with Crippen molar-refractivity contribution in [1.82, 2.24) is 0 Å². The Morgan fingerprint density at radius 2 is 2.15 bits per heavy atom. The minimum Gasteiger partial charge on any atom is -0.460 e. The summed E-state index contributed by atoms with van der Waals surface area (Å²) < 4.78 is 5.14. The number of carbonyl (C=O) groups excluding carboxylic acids is 1. The molecule has 0 fully saturated rings. The van der Waals surface area contributed by atoms with Gasteiger partial charge >= 0.3 is 5.97 Å². The van der Waals surface area contributed by atoms with Gasteiger partial charge in [0.2, 0.25) is 0 Å². The molecule has 0 aromatic heterocycles. The third-order valence-corrected chi connectivity index (χ3v) is 2.07. The standard InChI is InChI=1S/C10H18O2S/c1-5-7-13-8-6-9(11)12-10(2,3)4/h5H,1,6-8H2,2-4H3. The van der Waals surface area contributed by atoms with Gasteiger partial charge in [0.25, 0.3) is 0 Å². The minimum atomic E-state index is -0.361. The van der Waals surface area contributed by atoms with Crippen molar-refractivity contribution in [3.8, 4) is 0 Å². The van der Waals surface area contributed by atoms with E-state index in [0.717, 1.165) is 11.5 Å². The second-order valence-corrected chi connectivity index (χ2v) is 4.85. The fourth-order valence-electron chi connectivity index (χ4n) is 0.715. The summed E-state index contributed by atoms with van der Waals surface area (Å²) in [6.45, 7) is 9.23. The molecule has 0 rings (SSSR count). The lowest BCUT2D eigenvalue weighted by atomic mass is 10.2. The third kappa shape index (κ3) is 9.47. The number of esters is 1. The normalized spacial score (nSPS) is 11.0. The van der Waals surface area contributed by atoms with E-state index in [4.69, 9.17) is 4.74 Å². The number of hydrogen-bond acceptors (Lipinski definition) is 3. The Hall–Kier alpha value is -0.440. The first-order valence-corrected chi connectivity index (χ1v) is 5.51. The topological polar surface area (TPSA) is 26.3 Å². The van der Waals surface area contributed by atoms with E-state index in [2.05, 4.69) is 6.58 Å². The van der Waals surface area contributed by atoms with Crippen molar-refractivity contribution in [3.05, 3.63) is 12.7 Å². The maximum absolute atomic E-state index is 11.2. The Morgan fingerprint density at radius 3 is 2.62 bits per heavy atom. The summed E-state index contributed by atoms with van der Waals surface area (Å²) in [6.07, 6.45) is 2.32. The highest BCUT2D eigenvalue weighted by Crippen LogP contribution is 2.10. The van der Waals surface area contributed by atoms with Gasteiger partial charge in [0.15, 0.2) is 0 Å². The summed E-state index contributed by atoms with van der Waals surface area (Å²) in [7, 11) is 0. The Morgan fingerprint density at radius 1 is 1.54 bits per heavy atom. The molecule has 0 aromatic carbocycles. The molecule has 0 spiro atoms. The van der Waals surface area contributed by atoms with Crippen molar-refractivity contribution in [2.45, 2.75) is 32.8 Å². The zero-order chi connectivity index (χ0) is 10.3. The molecule has 0 atom stereocenters. The molecular formula is C10H18O2S. The van der Waals surface area contributed by atoms with Gasteiger partial charge in [-0.15, -0.1) is 6.58 Å². The van der Waals surface area contributed by atoms with Crippen LogP contribution < -0.4 is 0 Å². The number of ether oxygens (including phenoxy) is 1. The van der Waals surface area contributed by atoms with Gasteiger partial charge in [-0.2, -0.15) is 11.8 Å². The minimum absolute atomic E-state index is 0.121. The maximum Gasteiger partial charge on any atom is 0.307 e. The molecule has 0 bridgehead atoms. The zero-order valence-electron chi connectivity index (χ0n) is 8.63. The summed E-state index contributed by atoms with van der Waals surface area (Å²) in [5, 5.41) is 0. The Balaban J connectivity index is 3.47. The van der Waals surface area contributed by atoms with Crippen LogP contribution in [0.15, 0.2) is 12.7 Å². The van der Waals surface area contributed by atoms with E-state index in [9.17, 15) is 4.79 Å². The van der Waals surface area contributed by atoms with E-state index >= 15 is 0 Å². The van der Waals surface area contributed by atoms with Crippen LogP contribution in [0, 0.1) is 0 Å². The lowest BCUT2D eigenvalue weighted by Gasteiger charge is -2.19. The highest BCUT2D eigenvalue weighted by molar-refractivity contribution is 7.99. The maximum atomic E-state index is 11.2. The summed E-state index contributed by atoms with van der Waals surface area (Å²) in [5.41, 5.74) is -0.361. The monoisotopic (exact) mass is 202 g/mol. The van der Waals surface area contributed by atoms with E-state index in [0.29, 0.717) is 6.42 Å². The second kappa shape index (κ2) is 6.08. The van der Waals surface area contributed by atoms with Gasteiger partial charge in [0.05, 0.1) is 6.42 Å². The van der Waals surface area contributed by atoms with Crippen LogP contribution in [-0.2, 0) is 9.53 Å². The molecular weight excluding hydrogens is 184 g/mol. The van der Waals surface area contributed by atoms with Crippen LogP contribution in [0.4, 0.5) is 0 Å². The van der Waals surface area contributed by atoms with Crippen molar-refractivity contribution in [1.29, 1.82) is 0 Å². The Labute approximate surface area is 84.7 Å². The molecule has 13 heavy (non-hydrogen) atoms. The number of hydrogen-bond donors (Lipinski definition) is 0. The lowest BCUT2D eigenvalue weighted by Crippen LogP contribution is -2.24. The van der Waals surface area contributed by atoms with Crippen molar-refractivity contribution < 1.29 is 9.53 Å². The molecule has 0 saturated carbocycles. The summed E-state index contributed by atoms with van der Waals surface area (Å²) in [6, 6.07) is 0. The van der Waals surface area contributed by atoms with Gasteiger partial charge in [-0.3, -0.25) is 4.79 Å². The van der Waals surface area contributed by atoms with E-state index in [1.165, 1.54) is 0 Å². The second-order valence-electron chi connectivity index (χ2n) is 3.70. The average Bonchev–Trinajstić information content (AvgIpc) is 1.94. The van der Waals surface area contributed by atoms with Crippen LogP contribution in [-0.4, -0.2) is 23.1 Å². The van der Waals surface area contributed by atoms with E-state index in [-0.39, 0.29) is 11.6 Å². The Kier molecular flexibility index (Phi) is 5.88. The molecule has 0 heterocycles. The first-order valence-electron chi connectivity index (χ1n) is 4.36. The number of rotatable bonds is 5. The summed E-state index contributed by atoms with van der Waals surface area (Å²) >= 11 is 1.69. The smallest absolute Gasteiger partial charge is 0.307 e. The average molecular weight is 202 g/mol. The largest absolute Gasteiger partial charge is 0.460 e. The molecule has 76 valence electrons. The highest BCUT2D eigenvalue weighted by Gasteiger charge is 2.15. The molecule has 3 heteroatoms. The molecule has 0 radical (unpaired) electrons. The summed E-state index contributed by atoms with van der Waals surface area (Å²) in [4.78, 5) is 11.2. The fraction of sp³-hybridized carbons (Fsp3) is 0.700. The zero-order valence-corrected chi connectivity index (χ0v) is 9.45. The molecule has 0 aliphatic heterocycles. The fourth-order valence-corrected chi connectivity index (χ4v) is 1.36. The predicted octanol–water partition coefficient (Wildman–Crippen LogP) is 2.64. The highest BCUT2D eigenvalue weighted by atomic mass is 32.2. The predicted molar refractivity (Wildman–Crippen MR) is 58.0 cm³/mol. The van der Waals surface area contributed by atoms with E-state index in [1.54, 1.807) is 11.8 Å². The van der Waals surface area contributed by atoms with Crippen LogP contribution in [0.5, 0.6) is 0 Å². The van der Waals surface area contributed by atoms with Crippen molar-refractivity contribution in [2.75, 3.05) is 11.5 Å². The van der Waals surface area contributed by atoms with Crippen molar-refractivity contribution in [3.63, 3.8) is 0 Å². The molecule has 0 unspecified atom stereocenters. The summed E-state index contributed by atoms with van der Waals surface area (Å²) in [5.74, 6) is 1.58. The van der Waals surface area contributed by atoms with Crippen molar-refractivity contribution >= 4 is 17.7 Å². The van der Waals surface area contributed by atoms with Crippen LogP contribution in [0.25, 0.3) is 0 Å². The van der Waals surface area contributed by atoms with Crippen LogP contribution in [0.2, 0.25) is 0 Å². The van der Waals surface area contributed by atoms with E-state index < -0.39 is 0 Å². The van der Waals surface area contributed by atoms with Crippen molar-refractivity contribution in [2.24, 2.45) is 0 Å². The molecule has 0 amide bonds. The molecule has 0 N–H and O–H groups in total. The van der Waals surface area contributed by atoms with Gasteiger partial charge in [-0.25, -0.2) is 0 Å². The van der Waals surface area contributed by atoms with Gasteiger partial charge in [0.1, 0.15) is 5.60 Å². The van der Waals surface area contributed by atoms with E-state index in [1.807, 2.05) is 26.8 Å². The van der Waals surface area contributed by atoms with Crippen LogP contribution in [0.3, 0.4) is 0 Å². The van der Waals surface area contributed by atoms with Gasteiger partial charge in [-0.05, 0) is 20.8 Å². The quantitative estimate of drug-likeness (QED) is 0.389. The lowest BCUT2D eigenvalue weighted by molar-refractivity contribution is -0.154. The molecule has 0 aliphatic carbocycles. The Bertz CT molecular complexity index is 170. The van der Waals surface area contributed by atoms with Crippen LogP contribution >= 0.6 is 11.8 Å². The SMILES string of the molecule is C=CCSCCC(=O)OC(C)(C)C. The van der Waals surface area contributed by atoms with Crippen LogP contribution in [0.1, 0.15) is 27.2 Å².